The highest BCUT2D eigenvalue weighted by Gasteiger charge is 2.20. The maximum atomic E-state index is 11.1. The molecule has 0 amide bonds. The van der Waals surface area contributed by atoms with Crippen LogP contribution in [0.3, 0.4) is 0 Å². The standard InChI is InChI=1S/C35H76N4O2/c1-5-7-9-11-13-15-16-18-20-22-24-34(40)31-39(30-29-38(27-25-36)28-26-37-4)32-35(41)33(3)23-21-19-17-14-12-10-8-6-2/h33-35,37,40-41H,5-32,36H2,1-4H3. The van der Waals surface area contributed by atoms with Crippen LogP contribution >= 0.6 is 0 Å². The second-order valence-corrected chi connectivity index (χ2v) is 12.9. The van der Waals surface area contributed by atoms with Gasteiger partial charge in [0.2, 0.25) is 0 Å². The lowest BCUT2D eigenvalue weighted by molar-refractivity contribution is 0.0356. The molecule has 0 heterocycles. The van der Waals surface area contributed by atoms with Gasteiger partial charge in [-0.25, -0.2) is 0 Å². The molecule has 0 aromatic rings. The van der Waals surface area contributed by atoms with Crippen LogP contribution in [-0.2, 0) is 0 Å². The van der Waals surface area contributed by atoms with E-state index in [0.717, 1.165) is 52.0 Å². The van der Waals surface area contributed by atoms with Gasteiger partial charge in [-0.3, -0.25) is 9.80 Å². The predicted octanol–water partition coefficient (Wildman–Crippen LogP) is 6.97. The van der Waals surface area contributed by atoms with E-state index < -0.39 is 0 Å². The number of hydrogen-bond donors (Lipinski definition) is 4. The number of rotatable bonds is 33. The monoisotopic (exact) mass is 585 g/mol. The summed E-state index contributed by atoms with van der Waals surface area (Å²) in [4.78, 5) is 4.72. The van der Waals surface area contributed by atoms with Gasteiger partial charge in [-0.15, -0.1) is 0 Å². The number of nitrogens with zero attached hydrogens (tertiary/aromatic N) is 2. The molecule has 248 valence electrons. The van der Waals surface area contributed by atoms with E-state index in [9.17, 15) is 10.2 Å². The van der Waals surface area contributed by atoms with Crippen molar-refractivity contribution in [3.8, 4) is 0 Å². The van der Waals surface area contributed by atoms with E-state index in [1.54, 1.807) is 0 Å². The van der Waals surface area contributed by atoms with Gasteiger partial charge in [-0.2, -0.15) is 0 Å². The van der Waals surface area contributed by atoms with Gasteiger partial charge in [-0.05, 0) is 25.8 Å². The third-order valence-corrected chi connectivity index (χ3v) is 8.83. The molecule has 0 rings (SSSR count). The molecule has 0 aliphatic rings. The first-order valence-electron chi connectivity index (χ1n) is 18.1. The second-order valence-electron chi connectivity index (χ2n) is 12.9. The number of aliphatic hydroxyl groups is 2. The molecular weight excluding hydrogens is 508 g/mol. The van der Waals surface area contributed by atoms with E-state index in [1.165, 1.54) is 109 Å². The molecule has 6 heteroatoms. The molecule has 0 aliphatic carbocycles. The van der Waals surface area contributed by atoms with E-state index >= 15 is 0 Å². The maximum Gasteiger partial charge on any atom is 0.0692 e. The second kappa shape index (κ2) is 31.2. The van der Waals surface area contributed by atoms with Crippen LogP contribution in [0.15, 0.2) is 0 Å². The smallest absolute Gasteiger partial charge is 0.0692 e. The summed E-state index contributed by atoms with van der Waals surface area (Å²) in [6.07, 6.45) is 25.1. The van der Waals surface area contributed by atoms with Gasteiger partial charge in [0.1, 0.15) is 0 Å². The first-order valence-corrected chi connectivity index (χ1v) is 18.1. The van der Waals surface area contributed by atoms with Crippen molar-refractivity contribution in [1.82, 2.24) is 15.1 Å². The molecule has 0 bridgehead atoms. The maximum absolute atomic E-state index is 11.1. The average Bonchev–Trinajstić information content (AvgIpc) is 2.96. The average molecular weight is 585 g/mol. The lowest BCUT2D eigenvalue weighted by Gasteiger charge is -2.32. The van der Waals surface area contributed by atoms with Crippen LogP contribution in [0.1, 0.15) is 149 Å². The molecule has 0 fully saturated rings. The Hall–Kier alpha value is -0.240. The third-order valence-electron chi connectivity index (χ3n) is 8.83. The topological polar surface area (TPSA) is 85.0 Å². The van der Waals surface area contributed by atoms with Crippen LogP contribution in [0.4, 0.5) is 0 Å². The molecule has 0 aliphatic heterocycles. The zero-order valence-electron chi connectivity index (χ0n) is 28.4. The lowest BCUT2D eigenvalue weighted by Crippen LogP contribution is -2.45. The molecule has 0 saturated heterocycles. The van der Waals surface area contributed by atoms with Gasteiger partial charge in [0.05, 0.1) is 12.2 Å². The highest BCUT2D eigenvalue weighted by atomic mass is 16.3. The molecule has 0 spiro atoms. The molecule has 6 nitrogen and oxygen atoms in total. The van der Waals surface area contributed by atoms with E-state index in [-0.39, 0.29) is 12.2 Å². The summed E-state index contributed by atoms with van der Waals surface area (Å²) < 4.78 is 0. The molecule has 0 radical (unpaired) electrons. The van der Waals surface area contributed by atoms with Crippen molar-refractivity contribution in [2.75, 3.05) is 59.4 Å². The first-order chi connectivity index (χ1) is 20.0. The summed E-state index contributed by atoms with van der Waals surface area (Å²) >= 11 is 0. The minimum atomic E-state index is -0.343. The molecule has 0 aromatic carbocycles. The SMILES string of the molecule is CCCCCCCCCCCCC(O)CN(CCN(CCN)CCNC)CC(O)C(C)CCCCCCCCCC. The molecule has 3 unspecified atom stereocenters. The first kappa shape index (κ1) is 40.8. The fourth-order valence-corrected chi connectivity index (χ4v) is 5.82. The van der Waals surface area contributed by atoms with Crippen LogP contribution in [0.5, 0.6) is 0 Å². The van der Waals surface area contributed by atoms with Crippen molar-refractivity contribution < 1.29 is 10.2 Å². The number of unbranched alkanes of at least 4 members (excludes halogenated alkanes) is 16. The number of aliphatic hydroxyl groups excluding tert-OH is 2. The Morgan fingerprint density at radius 2 is 1.05 bits per heavy atom. The molecule has 0 aromatic heterocycles. The third kappa shape index (κ3) is 27.1. The van der Waals surface area contributed by atoms with Gasteiger partial charge in [0.15, 0.2) is 0 Å². The molecule has 0 saturated carbocycles. The van der Waals surface area contributed by atoms with Crippen LogP contribution in [-0.4, -0.2) is 91.6 Å². The minimum Gasteiger partial charge on any atom is -0.392 e. The van der Waals surface area contributed by atoms with Crippen molar-refractivity contribution in [1.29, 1.82) is 0 Å². The van der Waals surface area contributed by atoms with Gasteiger partial charge < -0.3 is 21.3 Å². The van der Waals surface area contributed by atoms with E-state index in [0.29, 0.717) is 25.6 Å². The number of hydrogen-bond acceptors (Lipinski definition) is 6. The zero-order chi connectivity index (χ0) is 30.4. The van der Waals surface area contributed by atoms with Crippen molar-refractivity contribution in [3.63, 3.8) is 0 Å². The van der Waals surface area contributed by atoms with Crippen molar-refractivity contribution in [2.24, 2.45) is 11.7 Å². The highest BCUT2D eigenvalue weighted by Crippen LogP contribution is 2.17. The molecule has 3 atom stereocenters. The van der Waals surface area contributed by atoms with Crippen molar-refractivity contribution >= 4 is 0 Å². The fourth-order valence-electron chi connectivity index (χ4n) is 5.82. The quantitative estimate of drug-likeness (QED) is 0.0624. The number of nitrogens with one attached hydrogen (secondary N) is 1. The Bertz CT molecular complexity index is 511. The largest absolute Gasteiger partial charge is 0.392 e. The Labute approximate surface area is 257 Å². The summed E-state index contributed by atoms with van der Waals surface area (Å²) in [5.41, 5.74) is 5.88. The summed E-state index contributed by atoms with van der Waals surface area (Å²) in [6, 6.07) is 0. The summed E-state index contributed by atoms with van der Waals surface area (Å²) in [7, 11) is 1.99. The minimum absolute atomic E-state index is 0.293. The Morgan fingerprint density at radius 1 is 0.585 bits per heavy atom. The Morgan fingerprint density at radius 3 is 1.54 bits per heavy atom. The van der Waals surface area contributed by atoms with Gasteiger partial charge >= 0.3 is 0 Å². The molecule has 41 heavy (non-hydrogen) atoms. The Kier molecular flexibility index (Phi) is 31.0. The van der Waals surface area contributed by atoms with E-state index in [1.807, 2.05) is 7.05 Å². The normalized spacial score (nSPS) is 14.3. The lowest BCUT2D eigenvalue weighted by atomic mass is 9.96. The number of likely N-dealkylation sites (N-methyl/N-ethyl adjacent to an activating group) is 1. The number of nitrogens with two attached hydrogens (primary N) is 1. The van der Waals surface area contributed by atoms with Crippen molar-refractivity contribution in [2.45, 2.75) is 161 Å². The van der Waals surface area contributed by atoms with E-state index in [2.05, 4.69) is 35.9 Å². The van der Waals surface area contributed by atoms with Gasteiger partial charge in [-0.1, -0.05) is 136 Å². The van der Waals surface area contributed by atoms with Gasteiger partial charge in [0, 0.05) is 52.4 Å². The van der Waals surface area contributed by atoms with Crippen LogP contribution in [0.2, 0.25) is 0 Å². The van der Waals surface area contributed by atoms with Crippen molar-refractivity contribution in [3.05, 3.63) is 0 Å². The summed E-state index contributed by atoms with van der Waals surface area (Å²) in [6.45, 7) is 13.3. The molecular formula is C35H76N4O2. The molecule has 5 N–H and O–H groups in total. The predicted molar refractivity (Wildman–Crippen MR) is 181 cm³/mol. The Balaban J connectivity index is 4.53. The van der Waals surface area contributed by atoms with Gasteiger partial charge in [0.25, 0.3) is 0 Å². The van der Waals surface area contributed by atoms with Crippen LogP contribution in [0.25, 0.3) is 0 Å². The van der Waals surface area contributed by atoms with Crippen LogP contribution in [0, 0.1) is 5.92 Å². The highest BCUT2D eigenvalue weighted by molar-refractivity contribution is 4.75. The summed E-state index contributed by atoms with van der Waals surface area (Å²) in [5.74, 6) is 0.293. The summed E-state index contributed by atoms with van der Waals surface area (Å²) in [5, 5.41) is 25.3. The fraction of sp³-hybridized carbons (Fsp3) is 1.00. The zero-order valence-corrected chi connectivity index (χ0v) is 28.4. The van der Waals surface area contributed by atoms with Crippen LogP contribution < -0.4 is 11.1 Å². The van der Waals surface area contributed by atoms with E-state index in [4.69, 9.17) is 5.73 Å².